The highest BCUT2D eigenvalue weighted by atomic mass is 16.5. The second-order valence-electron chi connectivity index (χ2n) is 5.00. The number of allylic oxidation sites excluding steroid dienone is 4. The van der Waals surface area contributed by atoms with E-state index in [0.29, 0.717) is 12.5 Å². The topological polar surface area (TPSA) is 9.23 Å². The van der Waals surface area contributed by atoms with Gasteiger partial charge in [0.2, 0.25) is 0 Å². The minimum absolute atomic E-state index is 0.472. The molecule has 0 heterocycles. The summed E-state index contributed by atoms with van der Waals surface area (Å²) in [5.41, 5.74) is 2.51. The van der Waals surface area contributed by atoms with Crippen LogP contribution < -0.4 is 4.74 Å². The summed E-state index contributed by atoms with van der Waals surface area (Å²) in [7, 11) is 0. The largest absolute Gasteiger partial charge is 0.489 e. The standard InChI is InChI=1S/C19H18O/c1-3-8-16(9-4-1)15-20-19-13-7-12-18(14-19)17-10-5-2-6-11-17/h1-10,12-14,17H,11,15H2. The first kappa shape index (κ1) is 12.7. The van der Waals surface area contributed by atoms with Gasteiger partial charge < -0.3 is 4.74 Å². The predicted octanol–water partition coefficient (Wildman–Crippen LogP) is 4.87. The molecule has 3 rings (SSSR count). The monoisotopic (exact) mass is 262 g/mol. The fourth-order valence-electron chi connectivity index (χ4n) is 2.40. The predicted molar refractivity (Wildman–Crippen MR) is 82.9 cm³/mol. The molecule has 1 unspecified atom stereocenters. The van der Waals surface area contributed by atoms with Crippen LogP contribution in [0.25, 0.3) is 0 Å². The first-order valence-electron chi connectivity index (χ1n) is 7.02. The molecule has 0 saturated heterocycles. The Bertz CT molecular complexity index is 611. The fourth-order valence-corrected chi connectivity index (χ4v) is 2.40. The Balaban J connectivity index is 1.68. The van der Waals surface area contributed by atoms with Crippen LogP contribution in [0.1, 0.15) is 23.5 Å². The van der Waals surface area contributed by atoms with Crippen LogP contribution in [0.4, 0.5) is 0 Å². The van der Waals surface area contributed by atoms with E-state index in [1.54, 1.807) is 0 Å². The quantitative estimate of drug-likeness (QED) is 0.764. The number of benzene rings is 2. The molecule has 0 bridgehead atoms. The zero-order valence-corrected chi connectivity index (χ0v) is 11.4. The lowest BCUT2D eigenvalue weighted by molar-refractivity contribution is 0.306. The van der Waals surface area contributed by atoms with Crippen LogP contribution in [0.5, 0.6) is 5.75 Å². The van der Waals surface area contributed by atoms with Crippen molar-refractivity contribution in [1.29, 1.82) is 0 Å². The van der Waals surface area contributed by atoms with Gasteiger partial charge in [0.15, 0.2) is 0 Å². The van der Waals surface area contributed by atoms with Crippen LogP contribution >= 0.6 is 0 Å². The van der Waals surface area contributed by atoms with E-state index in [0.717, 1.165) is 12.2 Å². The van der Waals surface area contributed by atoms with Crippen LogP contribution in [0.15, 0.2) is 78.9 Å². The van der Waals surface area contributed by atoms with Gasteiger partial charge in [-0.25, -0.2) is 0 Å². The number of hydrogen-bond acceptors (Lipinski definition) is 1. The molecule has 1 atom stereocenters. The minimum atomic E-state index is 0.472. The Hall–Kier alpha value is -2.28. The van der Waals surface area contributed by atoms with Gasteiger partial charge in [0.1, 0.15) is 12.4 Å². The van der Waals surface area contributed by atoms with Gasteiger partial charge in [0, 0.05) is 5.92 Å². The molecule has 0 radical (unpaired) electrons. The summed E-state index contributed by atoms with van der Waals surface area (Å²) in [6, 6.07) is 18.7. The normalized spacial score (nSPS) is 17.1. The van der Waals surface area contributed by atoms with E-state index in [2.05, 4.69) is 54.6 Å². The molecule has 2 aromatic rings. The second kappa shape index (κ2) is 6.25. The first-order valence-corrected chi connectivity index (χ1v) is 7.02. The van der Waals surface area contributed by atoms with Crippen LogP contribution in [0.2, 0.25) is 0 Å². The third-order valence-electron chi connectivity index (χ3n) is 3.52. The third kappa shape index (κ3) is 3.18. The van der Waals surface area contributed by atoms with Gasteiger partial charge in [-0.15, -0.1) is 0 Å². The molecule has 1 aliphatic carbocycles. The lowest BCUT2D eigenvalue weighted by Crippen LogP contribution is -1.99. The van der Waals surface area contributed by atoms with Crippen molar-refractivity contribution in [3.05, 3.63) is 90.0 Å². The van der Waals surface area contributed by atoms with Crippen LogP contribution in [0, 0.1) is 0 Å². The Morgan fingerprint density at radius 2 is 1.85 bits per heavy atom. The fraction of sp³-hybridized carbons (Fsp3) is 0.158. The Kier molecular flexibility index (Phi) is 3.98. The van der Waals surface area contributed by atoms with E-state index in [9.17, 15) is 0 Å². The van der Waals surface area contributed by atoms with Crippen molar-refractivity contribution in [2.75, 3.05) is 0 Å². The molecular formula is C19H18O. The summed E-state index contributed by atoms with van der Waals surface area (Å²) in [4.78, 5) is 0. The van der Waals surface area contributed by atoms with Crippen molar-refractivity contribution < 1.29 is 4.74 Å². The van der Waals surface area contributed by atoms with Crippen molar-refractivity contribution in [1.82, 2.24) is 0 Å². The molecule has 0 N–H and O–H groups in total. The highest BCUT2D eigenvalue weighted by Crippen LogP contribution is 2.27. The summed E-state index contributed by atoms with van der Waals surface area (Å²) in [5, 5.41) is 0. The van der Waals surface area contributed by atoms with E-state index in [1.807, 2.05) is 24.3 Å². The van der Waals surface area contributed by atoms with E-state index < -0.39 is 0 Å². The van der Waals surface area contributed by atoms with Crippen molar-refractivity contribution in [3.63, 3.8) is 0 Å². The Morgan fingerprint density at radius 3 is 2.65 bits per heavy atom. The summed E-state index contributed by atoms with van der Waals surface area (Å²) in [6.07, 6.45) is 9.75. The van der Waals surface area contributed by atoms with E-state index in [-0.39, 0.29) is 0 Å². The van der Waals surface area contributed by atoms with Crippen molar-refractivity contribution in [3.8, 4) is 5.75 Å². The molecule has 1 aliphatic rings. The van der Waals surface area contributed by atoms with Crippen LogP contribution in [-0.2, 0) is 6.61 Å². The van der Waals surface area contributed by atoms with Crippen molar-refractivity contribution >= 4 is 0 Å². The molecule has 1 nitrogen and oxygen atoms in total. The Labute approximate surface area is 120 Å². The highest BCUT2D eigenvalue weighted by Gasteiger charge is 2.09. The van der Waals surface area contributed by atoms with Crippen LogP contribution in [-0.4, -0.2) is 0 Å². The molecule has 0 amide bonds. The summed E-state index contributed by atoms with van der Waals surface area (Å²) in [5.74, 6) is 1.41. The maximum absolute atomic E-state index is 5.88. The summed E-state index contributed by atoms with van der Waals surface area (Å²) >= 11 is 0. The zero-order chi connectivity index (χ0) is 13.6. The van der Waals surface area contributed by atoms with Gasteiger partial charge in [-0.1, -0.05) is 66.8 Å². The van der Waals surface area contributed by atoms with Gasteiger partial charge in [0.05, 0.1) is 0 Å². The smallest absolute Gasteiger partial charge is 0.120 e. The minimum Gasteiger partial charge on any atom is -0.489 e. The first-order chi connectivity index (χ1) is 9.92. The summed E-state index contributed by atoms with van der Waals surface area (Å²) in [6.45, 7) is 0.616. The molecule has 100 valence electrons. The van der Waals surface area contributed by atoms with Gasteiger partial charge in [-0.2, -0.15) is 0 Å². The lowest BCUT2D eigenvalue weighted by atomic mass is 9.92. The molecular weight excluding hydrogens is 244 g/mol. The molecule has 0 aliphatic heterocycles. The van der Waals surface area contributed by atoms with Gasteiger partial charge in [-0.3, -0.25) is 0 Å². The SMILES string of the molecule is C1=CCC(c2cccc(OCc3ccccc3)c2)C=C1. The molecule has 2 aromatic carbocycles. The average molecular weight is 262 g/mol. The number of hydrogen-bond donors (Lipinski definition) is 0. The van der Waals surface area contributed by atoms with Crippen LogP contribution in [0.3, 0.4) is 0 Å². The van der Waals surface area contributed by atoms with Gasteiger partial charge >= 0.3 is 0 Å². The maximum atomic E-state index is 5.88. The van der Waals surface area contributed by atoms with Gasteiger partial charge in [-0.05, 0) is 29.7 Å². The third-order valence-corrected chi connectivity index (χ3v) is 3.52. The summed E-state index contributed by atoms with van der Waals surface area (Å²) < 4.78 is 5.88. The second-order valence-corrected chi connectivity index (χ2v) is 5.00. The molecule has 0 saturated carbocycles. The highest BCUT2D eigenvalue weighted by molar-refractivity contribution is 5.35. The van der Waals surface area contributed by atoms with Gasteiger partial charge in [0.25, 0.3) is 0 Å². The van der Waals surface area contributed by atoms with Crippen molar-refractivity contribution in [2.45, 2.75) is 18.9 Å². The van der Waals surface area contributed by atoms with E-state index in [4.69, 9.17) is 4.74 Å². The molecule has 0 aromatic heterocycles. The number of rotatable bonds is 4. The molecule has 0 fully saturated rings. The van der Waals surface area contributed by atoms with E-state index >= 15 is 0 Å². The zero-order valence-electron chi connectivity index (χ0n) is 11.4. The number of ether oxygens (including phenoxy) is 1. The lowest BCUT2D eigenvalue weighted by Gasteiger charge is -2.15. The molecule has 0 spiro atoms. The molecule has 20 heavy (non-hydrogen) atoms. The van der Waals surface area contributed by atoms with Crippen molar-refractivity contribution in [2.24, 2.45) is 0 Å². The average Bonchev–Trinajstić information content (AvgIpc) is 2.55. The molecule has 1 heteroatoms. The maximum Gasteiger partial charge on any atom is 0.120 e. The van der Waals surface area contributed by atoms with E-state index in [1.165, 1.54) is 11.1 Å². The Morgan fingerprint density at radius 1 is 0.950 bits per heavy atom.